The lowest BCUT2D eigenvalue weighted by Crippen LogP contribution is -2.20. The molecule has 1 rings (SSSR count). The highest BCUT2D eigenvalue weighted by molar-refractivity contribution is 5.02. The van der Waals surface area contributed by atoms with E-state index in [2.05, 4.69) is 19.2 Å². The van der Waals surface area contributed by atoms with Gasteiger partial charge in [-0.1, -0.05) is 13.3 Å². The van der Waals surface area contributed by atoms with Gasteiger partial charge in [0.15, 0.2) is 0 Å². The average Bonchev–Trinajstić information content (AvgIpc) is 2.81. The van der Waals surface area contributed by atoms with E-state index in [-0.39, 0.29) is 6.04 Å². The molecule has 0 aliphatic heterocycles. The third kappa shape index (κ3) is 5.33. The van der Waals surface area contributed by atoms with Crippen molar-refractivity contribution in [1.82, 2.24) is 5.32 Å². The normalized spacial score (nSPS) is 12.9. The summed E-state index contributed by atoms with van der Waals surface area (Å²) in [5.74, 6) is 0.993. The third-order valence-corrected chi connectivity index (χ3v) is 2.53. The fourth-order valence-electron chi connectivity index (χ4n) is 1.48. The molecule has 0 aliphatic rings. The van der Waals surface area contributed by atoms with Gasteiger partial charge < -0.3 is 14.5 Å². The number of nitrogens with one attached hydrogen (secondary N) is 1. The first-order chi connectivity index (χ1) is 7.84. The summed E-state index contributed by atoms with van der Waals surface area (Å²) in [6, 6.07) is 4.20. The summed E-state index contributed by atoms with van der Waals surface area (Å²) in [4.78, 5) is 0. The van der Waals surface area contributed by atoms with Crippen LogP contribution in [0, 0.1) is 0 Å². The van der Waals surface area contributed by atoms with E-state index in [1.807, 2.05) is 12.1 Å². The molecule has 1 heterocycles. The summed E-state index contributed by atoms with van der Waals surface area (Å²) < 4.78 is 10.8. The Morgan fingerprint density at radius 1 is 1.38 bits per heavy atom. The number of hydrogen-bond acceptors (Lipinski definition) is 3. The van der Waals surface area contributed by atoms with E-state index in [1.54, 1.807) is 6.26 Å². The van der Waals surface area contributed by atoms with Crippen LogP contribution in [0.1, 0.15) is 44.9 Å². The Labute approximate surface area is 98.2 Å². The van der Waals surface area contributed by atoms with Gasteiger partial charge in [0, 0.05) is 13.2 Å². The molecule has 0 saturated heterocycles. The van der Waals surface area contributed by atoms with Crippen molar-refractivity contribution >= 4 is 0 Å². The molecule has 92 valence electrons. The monoisotopic (exact) mass is 225 g/mol. The van der Waals surface area contributed by atoms with Gasteiger partial charge in [0.25, 0.3) is 0 Å². The van der Waals surface area contributed by atoms with E-state index >= 15 is 0 Å². The van der Waals surface area contributed by atoms with Crippen LogP contribution in [0.4, 0.5) is 0 Å². The molecule has 1 aromatic heterocycles. The largest absolute Gasteiger partial charge is 0.468 e. The first-order valence-electron chi connectivity index (χ1n) is 6.19. The van der Waals surface area contributed by atoms with Crippen molar-refractivity contribution in [3.8, 4) is 0 Å². The highest BCUT2D eigenvalue weighted by Gasteiger charge is 2.05. The summed E-state index contributed by atoms with van der Waals surface area (Å²) in [5, 5.41) is 3.40. The van der Waals surface area contributed by atoms with Crippen LogP contribution >= 0.6 is 0 Å². The Hall–Kier alpha value is -0.800. The highest BCUT2D eigenvalue weighted by atomic mass is 16.5. The average molecular weight is 225 g/mol. The van der Waals surface area contributed by atoms with E-state index < -0.39 is 0 Å². The second-order valence-electron chi connectivity index (χ2n) is 4.01. The minimum atomic E-state index is 0.283. The second-order valence-corrected chi connectivity index (χ2v) is 4.01. The second kappa shape index (κ2) is 8.36. The topological polar surface area (TPSA) is 34.4 Å². The van der Waals surface area contributed by atoms with E-state index in [0.717, 1.165) is 38.4 Å². The first kappa shape index (κ1) is 13.3. The molecule has 3 heteroatoms. The lowest BCUT2D eigenvalue weighted by atomic mass is 10.2. The van der Waals surface area contributed by atoms with Crippen LogP contribution in [0.3, 0.4) is 0 Å². The zero-order chi connectivity index (χ0) is 11.6. The molecule has 0 saturated carbocycles. The minimum Gasteiger partial charge on any atom is -0.468 e. The number of unbranched alkanes of at least 4 members (excludes halogenated alkanes) is 1. The Bertz CT molecular complexity index is 246. The van der Waals surface area contributed by atoms with Crippen molar-refractivity contribution in [2.24, 2.45) is 0 Å². The van der Waals surface area contributed by atoms with Crippen molar-refractivity contribution in [3.05, 3.63) is 24.2 Å². The van der Waals surface area contributed by atoms with Gasteiger partial charge in [0.05, 0.1) is 12.3 Å². The molecule has 0 radical (unpaired) electrons. The van der Waals surface area contributed by atoms with Crippen LogP contribution in [0.2, 0.25) is 0 Å². The Morgan fingerprint density at radius 3 is 2.88 bits per heavy atom. The highest BCUT2D eigenvalue weighted by Crippen LogP contribution is 2.11. The van der Waals surface area contributed by atoms with E-state index in [9.17, 15) is 0 Å². The molecular formula is C13H23NO2. The quantitative estimate of drug-likeness (QED) is 0.656. The van der Waals surface area contributed by atoms with Crippen LogP contribution < -0.4 is 5.32 Å². The molecule has 16 heavy (non-hydrogen) atoms. The zero-order valence-electron chi connectivity index (χ0n) is 10.4. The fraction of sp³-hybridized carbons (Fsp3) is 0.692. The van der Waals surface area contributed by atoms with Crippen molar-refractivity contribution in [2.75, 3.05) is 19.8 Å². The molecule has 0 amide bonds. The van der Waals surface area contributed by atoms with Crippen LogP contribution in [0.15, 0.2) is 22.8 Å². The van der Waals surface area contributed by atoms with Gasteiger partial charge in [0.2, 0.25) is 0 Å². The van der Waals surface area contributed by atoms with Crippen molar-refractivity contribution in [3.63, 3.8) is 0 Å². The first-order valence-corrected chi connectivity index (χ1v) is 6.19. The zero-order valence-corrected chi connectivity index (χ0v) is 10.4. The summed E-state index contributed by atoms with van der Waals surface area (Å²) >= 11 is 0. The van der Waals surface area contributed by atoms with E-state index in [0.29, 0.717) is 0 Å². The van der Waals surface area contributed by atoms with Crippen LogP contribution in [-0.2, 0) is 4.74 Å². The maximum absolute atomic E-state index is 5.48. The van der Waals surface area contributed by atoms with E-state index in [4.69, 9.17) is 9.15 Å². The molecule has 0 fully saturated rings. The predicted octanol–water partition coefficient (Wildman–Crippen LogP) is 3.14. The number of rotatable bonds is 9. The lowest BCUT2D eigenvalue weighted by Gasteiger charge is -2.11. The Morgan fingerprint density at radius 2 is 2.19 bits per heavy atom. The van der Waals surface area contributed by atoms with Crippen LogP contribution in [0.5, 0.6) is 0 Å². The molecular weight excluding hydrogens is 202 g/mol. The number of hydrogen-bond donors (Lipinski definition) is 1. The molecule has 0 aliphatic carbocycles. The molecule has 1 N–H and O–H groups in total. The molecule has 1 aromatic rings. The molecule has 0 bridgehead atoms. The maximum atomic E-state index is 5.48. The lowest BCUT2D eigenvalue weighted by molar-refractivity contribution is 0.128. The summed E-state index contributed by atoms with van der Waals surface area (Å²) in [6.07, 6.45) is 5.13. The van der Waals surface area contributed by atoms with Gasteiger partial charge in [-0.2, -0.15) is 0 Å². The van der Waals surface area contributed by atoms with Crippen LogP contribution in [-0.4, -0.2) is 19.8 Å². The molecule has 0 spiro atoms. The third-order valence-electron chi connectivity index (χ3n) is 2.53. The Balaban J connectivity index is 1.95. The van der Waals surface area contributed by atoms with Gasteiger partial charge >= 0.3 is 0 Å². The maximum Gasteiger partial charge on any atom is 0.120 e. The SMILES string of the molecule is CCCCOCCCNC(C)c1ccco1. The number of furan rings is 1. The van der Waals surface area contributed by atoms with Crippen LogP contribution in [0.25, 0.3) is 0 Å². The summed E-state index contributed by atoms with van der Waals surface area (Å²) in [6.45, 7) is 6.99. The molecule has 0 aromatic carbocycles. The fourth-order valence-corrected chi connectivity index (χ4v) is 1.48. The van der Waals surface area contributed by atoms with Gasteiger partial charge in [-0.25, -0.2) is 0 Å². The summed E-state index contributed by atoms with van der Waals surface area (Å²) in [7, 11) is 0. The smallest absolute Gasteiger partial charge is 0.120 e. The van der Waals surface area contributed by atoms with Gasteiger partial charge in [0.1, 0.15) is 5.76 Å². The van der Waals surface area contributed by atoms with Gasteiger partial charge in [-0.15, -0.1) is 0 Å². The minimum absolute atomic E-state index is 0.283. The Kier molecular flexibility index (Phi) is 6.93. The molecule has 1 unspecified atom stereocenters. The van der Waals surface area contributed by atoms with Crippen molar-refractivity contribution < 1.29 is 9.15 Å². The van der Waals surface area contributed by atoms with Gasteiger partial charge in [-0.3, -0.25) is 0 Å². The summed E-state index contributed by atoms with van der Waals surface area (Å²) in [5.41, 5.74) is 0. The standard InChI is InChI=1S/C13H23NO2/c1-3-4-9-15-10-6-8-14-12(2)13-7-5-11-16-13/h5,7,11-12,14H,3-4,6,8-10H2,1-2H3. The van der Waals surface area contributed by atoms with Gasteiger partial charge in [-0.05, 0) is 38.4 Å². The number of ether oxygens (including phenoxy) is 1. The molecule has 3 nitrogen and oxygen atoms in total. The molecule has 1 atom stereocenters. The predicted molar refractivity (Wildman–Crippen MR) is 65.5 cm³/mol. The van der Waals surface area contributed by atoms with Crippen molar-refractivity contribution in [2.45, 2.75) is 39.2 Å². The van der Waals surface area contributed by atoms with Crippen molar-refractivity contribution in [1.29, 1.82) is 0 Å². The van der Waals surface area contributed by atoms with E-state index in [1.165, 1.54) is 6.42 Å².